The number of ether oxygens (including phenoxy) is 1. The van der Waals surface area contributed by atoms with Gasteiger partial charge in [-0.3, -0.25) is 9.59 Å². The van der Waals surface area contributed by atoms with Crippen molar-refractivity contribution in [3.63, 3.8) is 0 Å². The first-order chi connectivity index (χ1) is 7.09. The molecule has 1 aliphatic rings. The van der Waals surface area contributed by atoms with Gasteiger partial charge in [-0.25, -0.2) is 0 Å². The molecule has 5 heteroatoms. The van der Waals surface area contributed by atoms with Gasteiger partial charge in [-0.2, -0.15) is 0 Å². The van der Waals surface area contributed by atoms with Gasteiger partial charge in [0.25, 0.3) is 0 Å². The Kier molecular flexibility index (Phi) is 4.55. The average Bonchev–Trinajstić information content (AvgIpc) is 2.65. The van der Waals surface area contributed by atoms with Crippen LogP contribution in [0, 0.1) is 5.92 Å². The molecule has 86 valence electrons. The highest BCUT2D eigenvalue weighted by molar-refractivity contribution is 5.81. The Morgan fingerprint density at radius 1 is 1.60 bits per heavy atom. The summed E-state index contributed by atoms with van der Waals surface area (Å²) in [6.45, 7) is 2.83. The first-order valence-electron chi connectivity index (χ1n) is 5.20. The summed E-state index contributed by atoms with van der Waals surface area (Å²) in [5.74, 6) is -1.01. The Hall–Kier alpha value is -1.10. The topological polar surface area (TPSA) is 75.6 Å². The lowest BCUT2D eigenvalue weighted by atomic mass is 10.1. The molecule has 2 atom stereocenters. The molecular weight excluding hydrogens is 198 g/mol. The molecule has 1 aliphatic heterocycles. The number of carbonyl (C=O) groups excluding carboxylic acids is 1. The Morgan fingerprint density at radius 3 is 2.87 bits per heavy atom. The van der Waals surface area contributed by atoms with Gasteiger partial charge in [0.05, 0.1) is 0 Å². The lowest BCUT2D eigenvalue weighted by Crippen LogP contribution is -2.37. The van der Waals surface area contributed by atoms with E-state index in [4.69, 9.17) is 9.84 Å². The van der Waals surface area contributed by atoms with Gasteiger partial charge in [-0.05, 0) is 18.8 Å². The molecule has 1 fully saturated rings. The van der Waals surface area contributed by atoms with Crippen molar-refractivity contribution in [1.82, 2.24) is 5.32 Å². The first-order valence-corrected chi connectivity index (χ1v) is 5.20. The lowest BCUT2D eigenvalue weighted by Gasteiger charge is -2.13. The largest absolute Gasteiger partial charge is 0.481 e. The van der Waals surface area contributed by atoms with Crippen molar-refractivity contribution < 1.29 is 19.4 Å². The van der Waals surface area contributed by atoms with Crippen molar-refractivity contribution in [2.24, 2.45) is 5.92 Å². The maximum Gasteiger partial charge on any atom is 0.303 e. The quantitative estimate of drug-likeness (QED) is 0.695. The standard InChI is InChI=1S/C10H17NO4/c1-7(5-9(12)13)6-11-10(14)8-3-2-4-15-8/h7-8H,2-6H2,1H3,(H,11,14)(H,12,13)/t7?,8-/m1/s1. The van der Waals surface area contributed by atoms with E-state index in [1.165, 1.54) is 0 Å². The van der Waals surface area contributed by atoms with E-state index in [1.807, 2.05) is 0 Å². The summed E-state index contributed by atoms with van der Waals surface area (Å²) >= 11 is 0. The van der Waals surface area contributed by atoms with Gasteiger partial charge in [0, 0.05) is 19.6 Å². The van der Waals surface area contributed by atoms with Crippen molar-refractivity contribution in [1.29, 1.82) is 0 Å². The smallest absolute Gasteiger partial charge is 0.303 e. The molecule has 0 bridgehead atoms. The number of hydrogen-bond acceptors (Lipinski definition) is 3. The number of aliphatic carboxylic acids is 1. The monoisotopic (exact) mass is 215 g/mol. The fourth-order valence-electron chi connectivity index (χ4n) is 1.54. The highest BCUT2D eigenvalue weighted by Gasteiger charge is 2.23. The number of nitrogens with one attached hydrogen (secondary N) is 1. The average molecular weight is 215 g/mol. The van der Waals surface area contributed by atoms with Crippen molar-refractivity contribution in [3.05, 3.63) is 0 Å². The minimum Gasteiger partial charge on any atom is -0.481 e. The molecule has 2 N–H and O–H groups in total. The molecular formula is C10H17NO4. The maximum absolute atomic E-state index is 11.5. The van der Waals surface area contributed by atoms with Crippen LogP contribution in [-0.2, 0) is 14.3 Å². The van der Waals surface area contributed by atoms with Gasteiger partial charge in [-0.15, -0.1) is 0 Å². The van der Waals surface area contributed by atoms with Gasteiger partial charge in [0.15, 0.2) is 0 Å². The molecule has 0 aromatic heterocycles. The fraction of sp³-hybridized carbons (Fsp3) is 0.800. The van der Waals surface area contributed by atoms with Crippen LogP contribution in [0.2, 0.25) is 0 Å². The van der Waals surface area contributed by atoms with E-state index in [9.17, 15) is 9.59 Å². The van der Waals surface area contributed by atoms with E-state index in [-0.39, 0.29) is 24.3 Å². The van der Waals surface area contributed by atoms with Crippen LogP contribution in [0.15, 0.2) is 0 Å². The van der Waals surface area contributed by atoms with Crippen LogP contribution in [0.1, 0.15) is 26.2 Å². The van der Waals surface area contributed by atoms with E-state index >= 15 is 0 Å². The van der Waals surface area contributed by atoms with Crippen LogP contribution in [0.25, 0.3) is 0 Å². The zero-order valence-corrected chi connectivity index (χ0v) is 8.86. The minimum atomic E-state index is -0.839. The molecule has 0 aromatic rings. The van der Waals surface area contributed by atoms with Gasteiger partial charge in [-0.1, -0.05) is 6.92 Å². The zero-order valence-electron chi connectivity index (χ0n) is 8.86. The maximum atomic E-state index is 11.5. The number of rotatable bonds is 5. The molecule has 1 unspecified atom stereocenters. The van der Waals surface area contributed by atoms with Gasteiger partial charge in [0.1, 0.15) is 6.10 Å². The normalized spacial score (nSPS) is 22.3. The molecule has 0 aromatic carbocycles. The first kappa shape index (κ1) is 12.0. The van der Waals surface area contributed by atoms with Crippen LogP contribution >= 0.6 is 0 Å². The van der Waals surface area contributed by atoms with Crippen LogP contribution in [0.5, 0.6) is 0 Å². The highest BCUT2D eigenvalue weighted by atomic mass is 16.5. The van der Waals surface area contributed by atoms with Gasteiger partial charge < -0.3 is 15.2 Å². The number of amides is 1. The second-order valence-corrected chi connectivity index (χ2v) is 3.95. The highest BCUT2D eigenvalue weighted by Crippen LogP contribution is 2.11. The zero-order chi connectivity index (χ0) is 11.3. The Balaban J connectivity index is 2.18. The van der Waals surface area contributed by atoms with Crippen molar-refractivity contribution in [3.8, 4) is 0 Å². The van der Waals surface area contributed by atoms with E-state index < -0.39 is 5.97 Å². The van der Waals surface area contributed by atoms with Crippen LogP contribution in [0.4, 0.5) is 0 Å². The summed E-state index contributed by atoms with van der Waals surface area (Å²) in [6.07, 6.45) is 1.43. The third kappa shape index (κ3) is 4.29. The molecule has 0 saturated carbocycles. The van der Waals surface area contributed by atoms with E-state index in [0.29, 0.717) is 13.2 Å². The van der Waals surface area contributed by atoms with Crippen LogP contribution in [0.3, 0.4) is 0 Å². The van der Waals surface area contributed by atoms with Gasteiger partial charge >= 0.3 is 5.97 Å². The third-order valence-corrected chi connectivity index (χ3v) is 2.37. The van der Waals surface area contributed by atoms with Crippen molar-refractivity contribution in [2.45, 2.75) is 32.3 Å². The number of carbonyl (C=O) groups is 2. The van der Waals surface area contributed by atoms with Crippen LogP contribution in [-0.4, -0.2) is 36.2 Å². The third-order valence-electron chi connectivity index (χ3n) is 2.37. The van der Waals surface area contributed by atoms with E-state index in [2.05, 4.69) is 5.32 Å². The van der Waals surface area contributed by atoms with Crippen LogP contribution < -0.4 is 5.32 Å². The molecule has 1 saturated heterocycles. The summed E-state index contributed by atoms with van der Waals surface area (Å²) < 4.78 is 5.20. The number of carboxylic acids is 1. The van der Waals surface area contributed by atoms with Crippen molar-refractivity contribution >= 4 is 11.9 Å². The Labute approximate surface area is 88.8 Å². The van der Waals surface area contributed by atoms with Gasteiger partial charge in [0.2, 0.25) is 5.91 Å². The summed E-state index contributed by atoms with van der Waals surface area (Å²) in [5, 5.41) is 11.2. The summed E-state index contributed by atoms with van der Waals surface area (Å²) in [7, 11) is 0. The molecule has 0 radical (unpaired) electrons. The fourth-order valence-corrected chi connectivity index (χ4v) is 1.54. The molecule has 15 heavy (non-hydrogen) atoms. The molecule has 0 aliphatic carbocycles. The predicted molar refractivity (Wildman–Crippen MR) is 53.4 cm³/mol. The van der Waals surface area contributed by atoms with E-state index in [1.54, 1.807) is 6.92 Å². The summed E-state index contributed by atoms with van der Waals surface area (Å²) in [6, 6.07) is 0. The second kappa shape index (κ2) is 5.70. The SMILES string of the molecule is CC(CNC(=O)[C@H]1CCCO1)CC(=O)O. The second-order valence-electron chi connectivity index (χ2n) is 3.95. The molecule has 0 spiro atoms. The van der Waals surface area contributed by atoms with Crippen molar-refractivity contribution in [2.75, 3.05) is 13.2 Å². The number of hydrogen-bond donors (Lipinski definition) is 2. The predicted octanol–water partition coefficient (Wildman–Crippen LogP) is 0.392. The Bertz CT molecular complexity index is 236. The molecule has 1 rings (SSSR count). The number of carboxylic acid groups (broad SMARTS) is 1. The molecule has 1 heterocycles. The Morgan fingerprint density at radius 2 is 2.33 bits per heavy atom. The lowest BCUT2D eigenvalue weighted by molar-refractivity contribution is -0.138. The summed E-state index contributed by atoms with van der Waals surface area (Å²) in [5.41, 5.74) is 0. The summed E-state index contributed by atoms with van der Waals surface area (Å²) in [4.78, 5) is 21.8. The molecule has 5 nitrogen and oxygen atoms in total. The molecule has 1 amide bonds. The van der Waals surface area contributed by atoms with E-state index in [0.717, 1.165) is 12.8 Å². The minimum absolute atomic E-state index is 0.0483.